The van der Waals surface area contributed by atoms with Crippen molar-refractivity contribution in [3.05, 3.63) is 60.1 Å². The van der Waals surface area contributed by atoms with Crippen LogP contribution < -0.4 is 16.0 Å². The number of furan rings is 1. The summed E-state index contributed by atoms with van der Waals surface area (Å²) >= 11 is 0. The van der Waals surface area contributed by atoms with E-state index in [1.807, 2.05) is 37.3 Å². The molecule has 0 saturated heterocycles. The normalized spacial score (nSPS) is 10.7. The van der Waals surface area contributed by atoms with E-state index in [-0.39, 0.29) is 36.4 Å². The van der Waals surface area contributed by atoms with Gasteiger partial charge in [-0.1, -0.05) is 30.3 Å². The molecule has 2 rings (SSSR count). The minimum absolute atomic E-state index is 0. The van der Waals surface area contributed by atoms with Crippen LogP contribution >= 0.6 is 24.0 Å². The second-order valence-corrected chi connectivity index (χ2v) is 5.54. The molecule has 1 aromatic heterocycles. The molecule has 3 N–H and O–H groups in total. The molecule has 0 bridgehead atoms. The van der Waals surface area contributed by atoms with Crippen molar-refractivity contribution < 1.29 is 9.21 Å². The molecule has 0 fully saturated rings. The Labute approximate surface area is 171 Å². The Balaban J connectivity index is 0.00000338. The van der Waals surface area contributed by atoms with Crippen LogP contribution in [0, 0.1) is 0 Å². The first-order valence-electron chi connectivity index (χ1n) is 8.63. The number of carbonyl (C=O) groups is 1. The van der Waals surface area contributed by atoms with Crippen LogP contribution in [0.15, 0.2) is 58.1 Å². The molecule has 0 radical (unpaired) electrons. The molecule has 26 heavy (non-hydrogen) atoms. The number of nitrogens with zero attached hydrogens (tertiary/aromatic N) is 1. The van der Waals surface area contributed by atoms with Gasteiger partial charge in [-0.2, -0.15) is 0 Å². The van der Waals surface area contributed by atoms with Crippen molar-refractivity contribution in [2.75, 3.05) is 26.2 Å². The molecule has 2 aromatic rings. The number of rotatable bonds is 9. The summed E-state index contributed by atoms with van der Waals surface area (Å²) in [5.41, 5.74) is 1.21. The number of hydrogen-bond acceptors (Lipinski definition) is 3. The van der Waals surface area contributed by atoms with Crippen LogP contribution in [0.5, 0.6) is 0 Å². The van der Waals surface area contributed by atoms with Gasteiger partial charge in [0.15, 0.2) is 5.96 Å². The van der Waals surface area contributed by atoms with Crippen LogP contribution in [0.4, 0.5) is 0 Å². The van der Waals surface area contributed by atoms with Gasteiger partial charge in [0.25, 0.3) is 0 Å². The molecule has 0 unspecified atom stereocenters. The van der Waals surface area contributed by atoms with Crippen LogP contribution in [-0.4, -0.2) is 38.0 Å². The molecular formula is C19H27IN4O2. The van der Waals surface area contributed by atoms with E-state index in [1.165, 1.54) is 5.56 Å². The molecule has 1 heterocycles. The Hall–Kier alpha value is -2.03. The fourth-order valence-corrected chi connectivity index (χ4v) is 2.30. The highest BCUT2D eigenvalue weighted by molar-refractivity contribution is 14.0. The first-order valence-corrected chi connectivity index (χ1v) is 8.63. The summed E-state index contributed by atoms with van der Waals surface area (Å²) in [6.45, 7) is 4.13. The fourth-order valence-electron chi connectivity index (χ4n) is 2.30. The second kappa shape index (κ2) is 13.2. The molecule has 1 amide bonds. The van der Waals surface area contributed by atoms with Gasteiger partial charge in [-0.05, 0) is 31.0 Å². The standard InChI is InChI=1S/C19H26N4O2.HI/c1-2-20-19(22-13-11-17-9-6-14-25-17)23-15-18(24)21-12-10-16-7-4-3-5-8-16;/h3-9,14H,2,10-13,15H2,1H3,(H,21,24)(H2,20,22,23);1H. The van der Waals surface area contributed by atoms with Crippen molar-refractivity contribution in [2.24, 2.45) is 4.99 Å². The number of carbonyl (C=O) groups excluding carboxylic acids is 1. The van der Waals surface area contributed by atoms with E-state index in [4.69, 9.17) is 4.42 Å². The summed E-state index contributed by atoms with van der Waals surface area (Å²) in [4.78, 5) is 16.2. The van der Waals surface area contributed by atoms with Crippen molar-refractivity contribution >= 4 is 35.8 Å². The zero-order chi connectivity index (χ0) is 17.7. The van der Waals surface area contributed by atoms with Gasteiger partial charge in [-0.25, -0.2) is 4.99 Å². The maximum Gasteiger partial charge on any atom is 0.241 e. The third-order valence-electron chi connectivity index (χ3n) is 3.55. The van der Waals surface area contributed by atoms with Gasteiger partial charge in [0, 0.05) is 26.1 Å². The lowest BCUT2D eigenvalue weighted by Crippen LogP contribution is -2.39. The summed E-state index contributed by atoms with van der Waals surface area (Å²) in [5, 5.41) is 9.21. The Morgan fingerprint density at radius 1 is 1.00 bits per heavy atom. The number of halogens is 1. The molecule has 0 atom stereocenters. The highest BCUT2D eigenvalue weighted by Gasteiger charge is 2.03. The second-order valence-electron chi connectivity index (χ2n) is 5.54. The van der Waals surface area contributed by atoms with E-state index in [0.29, 0.717) is 19.0 Å². The summed E-state index contributed by atoms with van der Waals surface area (Å²) < 4.78 is 5.29. The largest absolute Gasteiger partial charge is 0.469 e. The first kappa shape index (κ1) is 22.0. The zero-order valence-corrected chi connectivity index (χ0v) is 17.4. The number of benzene rings is 1. The minimum atomic E-state index is -0.0841. The van der Waals surface area contributed by atoms with Crippen molar-refractivity contribution in [1.29, 1.82) is 0 Å². The van der Waals surface area contributed by atoms with Gasteiger partial charge in [-0.15, -0.1) is 24.0 Å². The van der Waals surface area contributed by atoms with E-state index < -0.39 is 0 Å². The Kier molecular flexibility index (Phi) is 11.2. The smallest absolute Gasteiger partial charge is 0.241 e. The lowest BCUT2D eigenvalue weighted by Gasteiger charge is -2.10. The monoisotopic (exact) mass is 470 g/mol. The zero-order valence-electron chi connectivity index (χ0n) is 15.0. The Morgan fingerprint density at radius 2 is 1.77 bits per heavy atom. The third-order valence-corrected chi connectivity index (χ3v) is 3.55. The number of guanidine groups is 1. The van der Waals surface area contributed by atoms with Gasteiger partial charge in [0.2, 0.25) is 5.91 Å². The quantitative estimate of drug-likeness (QED) is 0.299. The number of aliphatic imine (C=N–C) groups is 1. The highest BCUT2D eigenvalue weighted by Crippen LogP contribution is 1.99. The maximum atomic E-state index is 11.9. The van der Waals surface area contributed by atoms with Crippen LogP contribution in [0.25, 0.3) is 0 Å². The fraction of sp³-hybridized carbons (Fsp3) is 0.368. The average Bonchev–Trinajstić information content (AvgIpc) is 3.14. The van der Waals surface area contributed by atoms with Crippen LogP contribution in [-0.2, 0) is 17.6 Å². The van der Waals surface area contributed by atoms with Gasteiger partial charge in [0.05, 0.1) is 6.26 Å². The molecule has 0 spiro atoms. The average molecular weight is 470 g/mol. The van der Waals surface area contributed by atoms with Crippen molar-refractivity contribution in [2.45, 2.75) is 19.8 Å². The molecule has 7 heteroatoms. The topological polar surface area (TPSA) is 78.7 Å². The van der Waals surface area contributed by atoms with E-state index in [0.717, 1.165) is 25.1 Å². The molecule has 142 valence electrons. The highest BCUT2D eigenvalue weighted by atomic mass is 127. The van der Waals surface area contributed by atoms with Crippen molar-refractivity contribution in [1.82, 2.24) is 16.0 Å². The summed E-state index contributed by atoms with van der Waals surface area (Å²) in [7, 11) is 0. The number of amides is 1. The maximum absolute atomic E-state index is 11.9. The minimum Gasteiger partial charge on any atom is -0.469 e. The molecule has 0 aliphatic rings. The summed E-state index contributed by atoms with van der Waals surface area (Å²) in [5.74, 6) is 1.47. The number of hydrogen-bond donors (Lipinski definition) is 3. The van der Waals surface area contributed by atoms with Crippen LogP contribution in [0.1, 0.15) is 18.2 Å². The van der Waals surface area contributed by atoms with Gasteiger partial charge in [0.1, 0.15) is 12.3 Å². The molecule has 1 aromatic carbocycles. The van der Waals surface area contributed by atoms with E-state index in [2.05, 4.69) is 33.1 Å². The van der Waals surface area contributed by atoms with Crippen LogP contribution in [0.2, 0.25) is 0 Å². The molecule has 6 nitrogen and oxygen atoms in total. The van der Waals surface area contributed by atoms with Crippen molar-refractivity contribution in [3.8, 4) is 0 Å². The summed E-state index contributed by atoms with van der Waals surface area (Å²) in [6.07, 6.45) is 3.24. The van der Waals surface area contributed by atoms with E-state index in [9.17, 15) is 4.79 Å². The predicted molar refractivity (Wildman–Crippen MR) is 115 cm³/mol. The van der Waals surface area contributed by atoms with Crippen molar-refractivity contribution in [3.63, 3.8) is 0 Å². The molecule has 0 aliphatic carbocycles. The first-order chi connectivity index (χ1) is 12.3. The Morgan fingerprint density at radius 3 is 2.46 bits per heavy atom. The van der Waals surface area contributed by atoms with Gasteiger partial charge < -0.3 is 20.4 Å². The van der Waals surface area contributed by atoms with E-state index >= 15 is 0 Å². The lowest BCUT2D eigenvalue weighted by molar-refractivity contribution is -0.119. The predicted octanol–water partition coefficient (Wildman–Crippen LogP) is 2.35. The Bertz CT molecular complexity index is 645. The van der Waals surface area contributed by atoms with Gasteiger partial charge in [-0.3, -0.25) is 4.79 Å². The molecular weight excluding hydrogens is 443 g/mol. The number of nitrogens with one attached hydrogen (secondary N) is 3. The van der Waals surface area contributed by atoms with Gasteiger partial charge >= 0.3 is 0 Å². The van der Waals surface area contributed by atoms with Crippen LogP contribution in [0.3, 0.4) is 0 Å². The molecule has 0 saturated carbocycles. The molecule has 0 aliphatic heterocycles. The SMILES string of the molecule is CCNC(=NCC(=O)NCCc1ccccc1)NCCc1ccco1.I. The summed E-state index contributed by atoms with van der Waals surface area (Å²) in [6, 6.07) is 13.9. The lowest BCUT2D eigenvalue weighted by atomic mass is 10.1. The van der Waals surface area contributed by atoms with E-state index in [1.54, 1.807) is 6.26 Å². The third kappa shape index (κ3) is 8.89.